The molecule has 0 aliphatic heterocycles. The third kappa shape index (κ3) is 3.47. The van der Waals surface area contributed by atoms with E-state index in [0.717, 1.165) is 6.42 Å². The van der Waals surface area contributed by atoms with Crippen molar-refractivity contribution >= 4 is 17.5 Å². The number of aromatic nitrogens is 2. The van der Waals surface area contributed by atoms with Gasteiger partial charge in [0.1, 0.15) is 0 Å². The van der Waals surface area contributed by atoms with Crippen LogP contribution < -0.4 is 0 Å². The van der Waals surface area contributed by atoms with Gasteiger partial charge < -0.3 is 4.90 Å². The minimum atomic E-state index is -0.0162. The molecule has 1 aromatic heterocycles. The van der Waals surface area contributed by atoms with E-state index in [-0.39, 0.29) is 5.91 Å². The van der Waals surface area contributed by atoms with Crippen molar-refractivity contribution in [2.24, 2.45) is 0 Å². The zero-order valence-electron chi connectivity index (χ0n) is 8.69. The molecule has 0 saturated heterocycles. The quantitative estimate of drug-likeness (QED) is 0.718. The first-order valence-corrected chi connectivity index (χ1v) is 5.45. The van der Waals surface area contributed by atoms with E-state index in [1.165, 1.54) is 12.4 Å². The van der Waals surface area contributed by atoms with E-state index in [2.05, 4.69) is 10.2 Å². The fourth-order valence-electron chi connectivity index (χ4n) is 1.25. The van der Waals surface area contributed by atoms with Crippen LogP contribution in [-0.2, 0) is 0 Å². The number of amides is 1. The summed E-state index contributed by atoms with van der Waals surface area (Å²) in [5, 5.41) is 7.31. The van der Waals surface area contributed by atoms with E-state index in [1.807, 2.05) is 6.92 Å². The smallest absolute Gasteiger partial charge is 0.255 e. The van der Waals surface area contributed by atoms with Gasteiger partial charge in [-0.05, 0) is 19.4 Å². The molecular formula is C10H14ClN3O. The average molecular weight is 228 g/mol. The van der Waals surface area contributed by atoms with Gasteiger partial charge in [-0.25, -0.2) is 0 Å². The first-order valence-electron chi connectivity index (χ1n) is 4.91. The van der Waals surface area contributed by atoms with Crippen molar-refractivity contribution in [3.63, 3.8) is 0 Å². The highest BCUT2D eigenvalue weighted by Crippen LogP contribution is 2.03. The molecule has 1 heterocycles. The molecule has 1 amide bonds. The Labute approximate surface area is 94.3 Å². The minimum absolute atomic E-state index is 0.0162. The molecule has 0 fully saturated rings. The lowest BCUT2D eigenvalue weighted by atomic mass is 10.2. The summed E-state index contributed by atoms with van der Waals surface area (Å²) in [6, 6.07) is 1.67. The first-order chi connectivity index (χ1) is 7.29. The molecule has 0 unspecified atom stereocenters. The highest BCUT2D eigenvalue weighted by molar-refractivity contribution is 6.17. The predicted molar refractivity (Wildman–Crippen MR) is 58.9 cm³/mol. The average Bonchev–Trinajstić information content (AvgIpc) is 2.31. The maximum absolute atomic E-state index is 11.9. The van der Waals surface area contributed by atoms with Crippen LogP contribution in [0.2, 0.25) is 0 Å². The number of carbonyl (C=O) groups excluding carboxylic acids is 1. The van der Waals surface area contributed by atoms with Gasteiger partial charge in [0.05, 0.1) is 18.0 Å². The molecule has 5 heteroatoms. The monoisotopic (exact) mass is 227 g/mol. The van der Waals surface area contributed by atoms with Crippen LogP contribution in [0.4, 0.5) is 0 Å². The molecular weight excluding hydrogens is 214 g/mol. The molecule has 0 saturated carbocycles. The van der Waals surface area contributed by atoms with Gasteiger partial charge in [-0.1, -0.05) is 0 Å². The fourth-order valence-corrected chi connectivity index (χ4v) is 1.37. The van der Waals surface area contributed by atoms with Gasteiger partial charge in [-0.15, -0.1) is 11.6 Å². The largest absolute Gasteiger partial charge is 0.339 e. The molecule has 0 spiro atoms. The summed E-state index contributed by atoms with van der Waals surface area (Å²) < 4.78 is 0. The Balaban J connectivity index is 2.65. The van der Waals surface area contributed by atoms with E-state index in [0.29, 0.717) is 24.5 Å². The van der Waals surface area contributed by atoms with Gasteiger partial charge in [0.25, 0.3) is 5.91 Å². The van der Waals surface area contributed by atoms with Crippen LogP contribution >= 0.6 is 11.6 Å². The van der Waals surface area contributed by atoms with Crippen LogP contribution in [-0.4, -0.2) is 40.0 Å². The van der Waals surface area contributed by atoms with Crippen LogP contribution in [0.1, 0.15) is 23.7 Å². The highest BCUT2D eigenvalue weighted by atomic mass is 35.5. The third-order valence-electron chi connectivity index (χ3n) is 2.06. The summed E-state index contributed by atoms with van der Waals surface area (Å²) in [5.41, 5.74) is 0.571. The van der Waals surface area contributed by atoms with Crippen molar-refractivity contribution in [1.29, 1.82) is 0 Å². The molecule has 1 aromatic rings. The Hall–Kier alpha value is -1.16. The Kier molecular flexibility index (Phi) is 5.04. The molecule has 1 rings (SSSR count). The van der Waals surface area contributed by atoms with Gasteiger partial charge in [-0.2, -0.15) is 10.2 Å². The zero-order valence-corrected chi connectivity index (χ0v) is 9.44. The van der Waals surface area contributed by atoms with Gasteiger partial charge >= 0.3 is 0 Å². The fraction of sp³-hybridized carbons (Fsp3) is 0.500. The summed E-state index contributed by atoms with van der Waals surface area (Å²) in [6.45, 7) is 3.31. The number of hydrogen-bond acceptors (Lipinski definition) is 3. The van der Waals surface area contributed by atoms with Crippen LogP contribution in [0, 0.1) is 0 Å². The van der Waals surface area contributed by atoms with Crippen LogP contribution in [0.25, 0.3) is 0 Å². The molecule has 0 atom stereocenters. The highest BCUT2D eigenvalue weighted by Gasteiger charge is 2.13. The first kappa shape index (κ1) is 11.9. The number of nitrogens with zero attached hydrogens (tertiary/aromatic N) is 3. The molecule has 4 nitrogen and oxygen atoms in total. The SMILES string of the molecule is CCN(CCCCl)C(=O)c1ccnnc1. The maximum atomic E-state index is 11.9. The van der Waals surface area contributed by atoms with E-state index in [4.69, 9.17) is 11.6 Å². The van der Waals surface area contributed by atoms with Crippen molar-refractivity contribution in [3.05, 3.63) is 24.0 Å². The topological polar surface area (TPSA) is 46.1 Å². The normalized spacial score (nSPS) is 10.0. The zero-order chi connectivity index (χ0) is 11.1. The Morgan fingerprint density at radius 3 is 2.87 bits per heavy atom. The number of rotatable bonds is 5. The predicted octanol–water partition coefficient (Wildman–Crippen LogP) is 1.57. The maximum Gasteiger partial charge on any atom is 0.255 e. The summed E-state index contributed by atoms with van der Waals surface area (Å²) in [7, 11) is 0. The van der Waals surface area contributed by atoms with Crippen LogP contribution in [0.15, 0.2) is 18.5 Å². The summed E-state index contributed by atoms with van der Waals surface area (Å²) in [5.74, 6) is 0.552. The number of halogens is 1. The Morgan fingerprint density at radius 2 is 2.33 bits per heavy atom. The molecule has 0 aromatic carbocycles. The van der Waals surface area contributed by atoms with Crippen molar-refractivity contribution in [1.82, 2.24) is 15.1 Å². The van der Waals surface area contributed by atoms with Crippen molar-refractivity contribution in [2.45, 2.75) is 13.3 Å². The molecule has 0 N–H and O–H groups in total. The summed E-state index contributed by atoms with van der Waals surface area (Å²) >= 11 is 5.59. The third-order valence-corrected chi connectivity index (χ3v) is 2.33. The van der Waals surface area contributed by atoms with Gasteiger partial charge in [0.15, 0.2) is 0 Å². The second-order valence-electron chi connectivity index (χ2n) is 3.06. The standard InChI is InChI=1S/C10H14ClN3O/c1-2-14(7-3-5-11)10(15)9-4-6-12-13-8-9/h4,6,8H,2-3,5,7H2,1H3. The molecule has 82 valence electrons. The lowest BCUT2D eigenvalue weighted by Crippen LogP contribution is -2.32. The van der Waals surface area contributed by atoms with E-state index >= 15 is 0 Å². The summed E-state index contributed by atoms with van der Waals surface area (Å²) in [4.78, 5) is 13.6. The van der Waals surface area contributed by atoms with Crippen LogP contribution in [0.3, 0.4) is 0 Å². The van der Waals surface area contributed by atoms with E-state index in [9.17, 15) is 4.79 Å². The molecule has 0 radical (unpaired) electrons. The lowest BCUT2D eigenvalue weighted by Gasteiger charge is -2.19. The van der Waals surface area contributed by atoms with E-state index < -0.39 is 0 Å². The molecule has 0 bridgehead atoms. The second kappa shape index (κ2) is 6.35. The van der Waals surface area contributed by atoms with Crippen molar-refractivity contribution < 1.29 is 4.79 Å². The number of carbonyl (C=O) groups is 1. The second-order valence-corrected chi connectivity index (χ2v) is 3.44. The minimum Gasteiger partial charge on any atom is -0.339 e. The number of alkyl halides is 1. The number of hydrogen-bond donors (Lipinski definition) is 0. The molecule has 0 aliphatic rings. The van der Waals surface area contributed by atoms with Crippen molar-refractivity contribution in [2.75, 3.05) is 19.0 Å². The Morgan fingerprint density at radius 1 is 1.53 bits per heavy atom. The van der Waals surface area contributed by atoms with Gasteiger partial charge in [0.2, 0.25) is 0 Å². The van der Waals surface area contributed by atoms with Crippen molar-refractivity contribution in [3.8, 4) is 0 Å². The van der Waals surface area contributed by atoms with Gasteiger partial charge in [-0.3, -0.25) is 4.79 Å². The summed E-state index contributed by atoms with van der Waals surface area (Å²) in [6.07, 6.45) is 3.80. The molecule has 15 heavy (non-hydrogen) atoms. The van der Waals surface area contributed by atoms with Gasteiger partial charge in [0, 0.05) is 19.0 Å². The van der Waals surface area contributed by atoms with Crippen LogP contribution in [0.5, 0.6) is 0 Å². The van der Waals surface area contributed by atoms with E-state index in [1.54, 1.807) is 11.0 Å². The molecule has 0 aliphatic carbocycles. The Bertz CT molecular complexity index is 305. The lowest BCUT2D eigenvalue weighted by molar-refractivity contribution is 0.0764.